The van der Waals surface area contributed by atoms with Gasteiger partial charge in [0.2, 0.25) is 0 Å². The Labute approximate surface area is 176 Å². The zero-order chi connectivity index (χ0) is 20.1. The second-order valence-electron chi connectivity index (χ2n) is 9.26. The first kappa shape index (κ1) is 20.3. The van der Waals surface area contributed by atoms with Gasteiger partial charge in [-0.05, 0) is 55.3 Å². The summed E-state index contributed by atoms with van der Waals surface area (Å²) < 4.78 is 0. The fourth-order valence-corrected chi connectivity index (χ4v) is 5.45. The average Bonchev–Trinajstić information content (AvgIpc) is 2.80. The Morgan fingerprint density at radius 1 is 0.862 bits per heavy atom. The van der Waals surface area contributed by atoms with Crippen LogP contribution >= 0.6 is 0 Å². The Morgan fingerprint density at radius 2 is 1.52 bits per heavy atom. The van der Waals surface area contributed by atoms with Crippen LogP contribution in [0.25, 0.3) is 0 Å². The Kier molecular flexibility index (Phi) is 6.82. The van der Waals surface area contributed by atoms with Gasteiger partial charge in [-0.15, -0.1) is 0 Å². The van der Waals surface area contributed by atoms with Crippen molar-refractivity contribution < 1.29 is 4.79 Å². The zero-order valence-electron chi connectivity index (χ0n) is 17.9. The molecular weight excluding hydrogens is 354 g/mol. The van der Waals surface area contributed by atoms with Gasteiger partial charge in [0, 0.05) is 17.7 Å². The molecule has 1 aliphatic carbocycles. The molecule has 2 aromatic rings. The number of nitrogens with zero attached hydrogens (tertiary/aromatic N) is 1. The van der Waals surface area contributed by atoms with Crippen molar-refractivity contribution in [2.24, 2.45) is 11.8 Å². The first-order chi connectivity index (χ1) is 14.2. The molecule has 2 heteroatoms. The van der Waals surface area contributed by atoms with Crippen LogP contribution in [0.3, 0.4) is 0 Å². The van der Waals surface area contributed by atoms with Crippen molar-refractivity contribution in [3.05, 3.63) is 71.3 Å². The van der Waals surface area contributed by atoms with Crippen LogP contribution in [0.5, 0.6) is 0 Å². The third kappa shape index (κ3) is 5.17. The molecule has 2 fully saturated rings. The van der Waals surface area contributed by atoms with Gasteiger partial charge in [0.05, 0.1) is 0 Å². The van der Waals surface area contributed by atoms with Crippen molar-refractivity contribution >= 4 is 5.78 Å². The van der Waals surface area contributed by atoms with Crippen molar-refractivity contribution in [2.75, 3.05) is 19.6 Å². The molecule has 2 nitrogen and oxygen atoms in total. The second kappa shape index (κ2) is 9.71. The maximum Gasteiger partial charge on any atom is 0.193 e. The number of hydrogen-bond acceptors (Lipinski definition) is 2. The molecule has 4 rings (SSSR count). The lowest BCUT2D eigenvalue weighted by Gasteiger charge is -2.38. The quantitative estimate of drug-likeness (QED) is 0.539. The van der Waals surface area contributed by atoms with Gasteiger partial charge in [-0.25, -0.2) is 0 Å². The van der Waals surface area contributed by atoms with E-state index in [-0.39, 0.29) is 5.78 Å². The van der Waals surface area contributed by atoms with Crippen molar-refractivity contribution in [3.63, 3.8) is 0 Å². The lowest BCUT2D eigenvalue weighted by Crippen LogP contribution is -2.38. The summed E-state index contributed by atoms with van der Waals surface area (Å²) in [5.41, 5.74) is 2.85. The summed E-state index contributed by atoms with van der Waals surface area (Å²) in [6, 6.07) is 17.9. The van der Waals surface area contributed by atoms with E-state index in [0.29, 0.717) is 5.92 Å². The average molecular weight is 390 g/mol. The predicted octanol–water partition coefficient (Wildman–Crippen LogP) is 6.31. The maximum atomic E-state index is 12.8. The summed E-state index contributed by atoms with van der Waals surface area (Å²) in [7, 11) is 0. The molecule has 29 heavy (non-hydrogen) atoms. The minimum Gasteiger partial charge on any atom is -0.303 e. The predicted molar refractivity (Wildman–Crippen MR) is 120 cm³/mol. The maximum absolute atomic E-state index is 12.8. The summed E-state index contributed by atoms with van der Waals surface area (Å²) in [5.74, 6) is 2.54. The van der Waals surface area contributed by atoms with Crippen LogP contribution in [0.2, 0.25) is 0 Å². The van der Waals surface area contributed by atoms with Crippen LogP contribution in [0.1, 0.15) is 79.3 Å². The summed E-state index contributed by atoms with van der Waals surface area (Å²) in [4.78, 5) is 15.4. The summed E-state index contributed by atoms with van der Waals surface area (Å²) >= 11 is 0. The smallest absolute Gasteiger partial charge is 0.193 e. The Balaban J connectivity index is 1.33. The van der Waals surface area contributed by atoms with Crippen LogP contribution in [0.4, 0.5) is 0 Å². The van der Waals surface area contributed by atoms with E-state index in [1.165, 1.54) is 63.6 Å². The molecule has 1 aliphatic heterocycles. The minimum absolute atomic E-state index is 0.118. The lowest BCUT2D eigenvalue weighted by atomic mass is 9.76. The van der Waals surface area contributed by atoms with Crippen molar-refractivity contribution in [1.82, 2.24) is 4.90 Å². The molecular formula is C27H35NO. The van der Waals surface area contributed by atoms with Gasteiger partial charge in [0.25, 0.3) is 0 Å². The lowest BCUT2D eigenvalue weighted by molar-refractivity contribution is 0.103. The van der Waals surface area contributed by atoms with Gasteiger partial charge >= 0.3 is 0 Å². The molecule has 1 saturated heterocycles. The van der Waals surface area contributed by atoms with Gasteiger partial charge in [0.15, 0.2) is 5.78 Å². The first-order valence-corrected chi connectivity index (χ1v) is 11.6. The molecule has 0 N–H and O–H groups in total. The third-order valence-corrected chi connectivity index (χ3v) is 7.23. The number of rotatable bonds is 6. The highest BCUT2D eigenvalue weighted by molar-refractivity contribution is 6.09. The van der Waals surface area contributed by atoms with Crippen LogP contribution in [-0.4, -0.2) is 30.3 Å². The molecule has 2 aromatic carbocycles. The van der Waals surface area contributed by atoms with Crippen molar-refractivity contribution in [1.29, 1.82) is 0 Å². The van der Waals surface area contributed by atoms with E-state index in [4.69, 9.17) is 0 Å². The SMILES string of the molecule is CC(CN1CCC(C2CCCCC2)CC1)c1cccc(C(=O)c2ccccc2)c1. The number of carbonyl (C=O) groups excluding carboxylic acids is 1. The second-order valence-corrected chi connectivity index (χ2v) is 9.26. The zero-order valence-corrected chi connectivity index (χ0v) is 17.9. The van der Waals surface area contributed by atoms with Gasteiger partial charge < -0.3 is 4.90 Å². The minimum atomic E-state index is 0.118. The summed E-state index contributed by atoms with van der Waals surface area (Å²) in [6.07, 6.45) is 10.1. The van der Waals surface area contributed by atoms with Crippen LogP contribution in [0, 0.1) is 11.8 Å². The molecule has 1 unspecified atom stereocenters. The van der Waals surface area contributed by atoms with E-state index in [0.717, 1.165) is 29.5 Å². The molecule has 0 spiro atoms. The molecule has 0 aromatic heterocycles. The molecule has 0 bridgehead atoms. The van der Waals surface area contributed by atoms with Gasteiger partial charge in [-0.3, -0.25) is 4.79 Å². The van der Waals surface area contributed by atoms with E-state index in [2.05, 4.69) is 24.0 Å². The molecule has 154 valence electrons. The van der Waals surface area contributed by atoms with E-state index in [1.54, 1.807) is 0 Å². The number of hydrogen-bond donors (Lipinski definition) is 0. The molecule has 0 radical (unpaired) electrons. The number of piperidine rings is 1. The Morgan fingerprint density at radius 3 is 2.24 bits per heavy atom. The molecule has 0 amide bonds. The van der Waals surface area contributed by atoms with Crippen LogP contribution < -0.4 is 0 Å². The number of likely N-dealkylation sites (tertiary alicyclic amines) is 1. The number of benzene rings is 2. The highest BCUT2D eigenvalue weighted by Gasteiger charge is 2.28. The fraction of sp³-hybridized carbons (Fsp3) is 0.519. The number of carbonyl (C=O) groups is 1. The highest BCUT2D eigenvalue weighted by Crippen LogP contribution is 2.36. The topological polar surface area (TPSA) is 20.3 Å². The monoisotopic (exact) mass is 389 g/mol. The van der Waals surface area contributed by atoms with Gasteiger partial charge in [-0.2, -0.15) is 0 Å². The standard InChI is InChI=1S/C27H35NO/c1-21(20-28-17-15-23(16-18-28)22-9-4-2-5-10-22)25-13-8-14-26(19-25)27(29)24-11-6-3-7-12-24/h3,6-8,11-14,19,21-23H,2,4-5,9-10,15-18,20H2,1H3. The van der Waals surface area contributed by atoms with Crippen LogP contribution in [0.15, 0.2) is 54.6 Å². The van der Waals surface area contributed by atoms with Gasteiger partial charge in [-0.1, -0.05) is 87.6 Å². The summed E-state index contributed by atoms with van der Waals surface area (Å²) in [6.45, 7) is 5.89. The molecule has 1 saturated carbocycles. The van der Waals surface area contributed by atoms with Crippen molar-refractivity contribution in [3.8, 4) is 0 Å². The summed E-state index contributed by atoms with van der Waals surface area (Å²) in [5, 5.41) is 0. The Hall–Kier alpha value is -1.93. The fourth-order valence-electron chi connectivity index (χ4n) is 5.45. The third-order valence-electron chi connectivity index (χ3n) is 7.23. The highest BCUT2D eigenvalue weighted by atomic mass is 16.1. The molecule has 1 heterocycles. The van der Waals surface area contributed by atoms with E-state index >= 15 is 0 Å². The van der Waals surface area contributed by atoms with E-state index < -0.39 is 0 Å². The molecule has 2 aliphatic rings. The largest absolute Gasteiger partial charge is 0.303 e. The van der Waals surface area contributed by atoms with Gasteiger partial charge in [0.1, 0.15) is 0 Å². The molecule has 1 atom stereocenters. The number of ketones is 1. The van der Waals surface area contributed by atoms with Crippen LogP contribution in [-0.2, 0) is 0 Å². The first-order valence-electron chi connectivity index (χ1n) is 11.6. The Bertz CT molecular complexity index is 785. The normalized spacial score (nSPS) is 20.4. The van der Waals surface area contributed by atoms with E-state index in [9.17, 15) is 4.79 Å². The van der Waals surface area contributed by atoms with Crippen molar-refractivity contribution in [2.45, 2.75) is 57.8 Å². The van der Waals surface area contributed by atoms with E-state index in [1.807, 2.05) is 42.5 Å².